The van der Waals surface area contributed by atoms with Gasteiger partial charge in [-0.2, -0.15) is 4.98 Å². The van der Waals surface area contributed by atoms with Gasteiger partial charge in [0.15, 0.2) is 11.0 Å². The summed E-state index contributed by atoms with van der Waals surface area (Å²) in [4.78, 5) is 13.9. The summed E-state index contributed by atoms with van der Waals surface area (Å²) >= 11 is 11.6. The van der Waals surface area contributed by atoms with Gasteiger partial charge in [-0.15, -0.1) is 0 Å². The molecule has 1 atom stereocenters. The molecule has 1 unspecified atom stereocenters. The lowest BCUT2D eigenvalue weighted by atomic mass is 10.2. The van der Waals surface area contributed by atoms with Gasteiger partial charge in [-0.3, -0.25) is 0 Å². The first kappa shape index (κ1) is 14.7. The first-order chi connectivity index (χ1) is 10.1. The number of anilines is 1. The first-order valence-corrected chi connectivity index (χ1v) is 7.42. The molecule has 0 aliphatic carbocycles. The topological polar surface area (TPSA) is 62.1 Å². The predicted molar refractivity (Wildman–Crippen MR) is 79.4 cm³/mol. The van der Waals surface area contributed by atoms with Crippen molar-refractivity contribution in [3.05, 3.63) is 22.5 Å². The van der Waals surface area contributed by atoms with Gasteiger partial charge in [0.2, 0.25) is 5.28 Å². The van der Waals surface area contributed by atoms with Crippen LogP contribution < -0.4 is 4.90 Å². The fraction of sp³-hybridized carbons (Fsp3) is 0.462. The van der Waals surface area contributed by atoms with Crippen LogP contribution in [-0.4, -0.2) is 39.3 Å². The van der Waals surface area contributed by atoms with E-state index in [-0.39, 0.29) is 22.1 Å². The van der Waals surface area contributed by atoms with E-state index in [0.29, 0.717) is 30.7 Å². The molecule has 1 fully saturated rings. The van der Waals surface area contributed by atoms with Crippen LogP contribution >= 0.6 is 23.2 Å². The summed E-state index contributed by atoms with van der Waals surface area (Å²) in [6.45, 7) is 1.33. The van der Waals surface area contributed by atoms with Crippen LogP contribution in [0.5, 0.6) is 0 Å². The Morgan fingerprint density at radius 1 is 1.24 bits per heavy atom. The highest BCUT2D eigenvalue weighted by Gasteiger charge is 2.21. The van der Waals surface area contributed by atoms with Gasteiger partial charge < -0.3 is 10.0 Å². The van der Waals surface area contributed by atoms with E-state index in [2.05, 4.69) is 15.0 Å². The molecule has 3 heterocycles. The summed E-state index contributed by atoms with van der Waals surface area (Å²) in [6.07, 6.45) is 3.34. The van der Waals surface area contributed by atoms with Crippen molar-refractivity contribution in [3.8, 4) is 0 Å². The number of halogens is 3. The Bertz CT molecular complexity index is 685. The molecule has 1 aliphatic rings. The van der Waals surface area contributed by atoms with Gasteiger partial charge in [-0.1, -0.05) is 11.6 Å². The average molecular weight is 331 g/mol. The van der Waals surface area contributed by atoms with Crippen LogP contribution in [0.25, 0.3) is 10.9 Å². The highest BCUT2D eigenvalue weighted by Crippen LogP contribution is 2.30. The van der Waals surface area contributed by atoms with Crippen molar-refractivity contribution in [2.45, 2.75) is 25.4 Å². The van der Waals surface area contributed by atoms with Crippen LogP contribution in [0.3, 0.4) is 0 Å². The Morgan fingerprint density at radius 2 is 2.05 bits per heavy atom. The van der Waals surface area contributed by atoms with Crippen LogP contribution in [0.15, 0.2) is 6.20 Å². The van der Waals surface area contributed by atoms with Crippen molar-refractivity contribution >= 4 is 39.9 Å². The van der Waals surface area contributed by atoms with Crippen molar-refractivity contribution in [1.29, 1.82) is 0 Å². The monoisotopic (exact) mass is 330 g/mol. The molecule has 112 valence electrons. The van der Waals surface area contributed by atoms with Crippen LogP contribution in [0.1, 0.15) is 19.3 Å². The Hall–Kier alpha value is -1.24. The van der Waals surface area contributed by atoms with Crippen LogP contribution in [-0.2, 0) is 0 Å². The predicted octanol–water partition coefficient (Wildman–Crippen LogP) is 2.82. The summed E-state index contributed by atoms with van der Waals surface area (Å²) in [7, 11) is 0. The van der Waals surface area contributed by atoms with Gasteiger partial charge in [0.05, 0.1) is 11.5 Å². The summed E-state index contributed by atoms with van der Waals surface area (Å²) in [5.74, 6) is -0.170. The van der Waals surface area contributed by atoms with Crippen molar-refractivity contribution in [3.63, 3.8) is 0 Å². The second-order valence-electron chi connectivity index (χ2n) is 5.01. The van der Waals surface area contributed by atoms with E-state index in [0.717, 1.165) is 12.8 Å². The lowest BCUT2D eigenvalue weighted by Gasteiger charge is -2.22. The fourth-order valence-electron chi connectivity index (χ4n) is 2.52. The zero-order valence-electron chi connectivity index (χ0n) is 11.1. The maximum Gasteiger partial charge on any atom is 0.225 e. The Labute approximate surface area is 130 Å². The number of nitrogens with zero attached hydrogens (tertiary/aromatic N) is 4. The van der Waals surface area contributed by atoms with E-state index < -0.39 is 5.82 Å². The molecule has 5 nitrogen and oxygen atoms in total. The largest absolute Gasteiger partial charge is 0.393 e. The highest BCUT2D eigenvalue weighted by molar-refractivity contribution is 6.30. The molecule has 0 saturated carbocycles. The number of rotatable bonds is 1. The molecule has 0 amide bonds. The third-order valence-electron chi connectivity index (χ3n) is 3.59. The molecule has 0 spiro atoms. The zero-order valence-corrected chi connectivity index (χ0v) is 12.6. The molecule has 21 heavy (non-hydrogen) atoms. The number of aliphatic hydroxyl groups is 1. The number of hydrogen-bond donors (Lipinski definition) is 1. The number of fused-ring (bicyclic) bond motifs is 1. The second-order valence-corrected chi connectivity index (χ2v) is 5.71. The minimum absolute atomic E-state index is 0.0385. The molecule has 1 saturated heterocycles. The summed E-state index contributed by atoms with van der Waals surface area (Å²) < 4.78 is 14.1. The molecule has 2 aromatic heterocycles. The Kier molecular flexibility index (Phi) is 4.10. The minimum Gasteiger partial charge on any atom is -0.393 e. The molecule has 1 aliphatic heterocycles. The molecule has 0 radical (unpaired) electrons. The number of aliphatic hydroxyl groups excluding tert-OH is 1. The lowest BCUT2D eigenvalue weighted by molar-refractivity contribution is 0.161. The van der Waals surface area contributed by atoms with Gasteiger partial charge in [-0.05, 0) is 30.9 Å². The zero-order chi connectivity index (χ0) is 15.0. The third-order valence-corrected chi connectivity index (χ3v) is 4.02. The van der Waals surface area contributed by atoms with E-state index in [1.165, 1.54) is 6.20 Å². The van der Waals surface area contributed by atoms with E-state index in [1.807, 2.05) is 4.90 Å². The van der Waals surface area contributed by atoms with Crippen molar-refractivity contribution < 1.29 is 9.50 Å². The molecule has 0 aromatic carbocycles. The quantitative estimate of drug-likeness (QED) is 0.643. The van der Waals surface area contributed by atoms with Gasteiger partial charge in [0.1, 0.15) is 11.3 Å². The van der Waals surface area contributed by atoms with Gasteiger partial charge in [0.25, 0.3) is 0 Å². The van der Waals surface area contributed by atoms with Crippen LogP contribution in [0, 0.1) is 5.82 Å². The van der Waals surface area contributed by atoms with Gasteiger partial charge >= 0.3 is 0 Å². The molecular weight excluding hydrogens is 318 g/mol. The standard InChI is InChI=1S/C13H13Cl2FN4O/c14-11-9(16)10-8(6-17-11)12(19-13(15)18-10)20-4-1-2-7(21)3-5-20/h6-7,21H,1-5H2. The van der Waals surface area contributed by atoms with Crippen molar-refractivity contribution in [1.82, 2.24) is 15.0 Å². The normalized spacial score (nSPS) is 19.8. The Balaban J connectivity index is 2.11. The highest BCUT2D eigenvalue weighted by atomic mass is 35.5. The molecule has 3 rings (SSSR count). The third kappa shape index (κ3) is 2.88. The van der Waals surface area contributed by atoms with Crippen LogP contribution in [0.4, 0.5) is 10.2 Å². The summed E-state index contributed by atoms with van der Waals surface area (Å²) in [5, 5.41) is 9.92. The smallest absolute Gasteiger partial charge is 0.225 e. The maximum absolute atomic E-state index is 14.1. The van der Waals surface area contributed by atoms with E-state index in [4.69, 9.17) is 23.2 Å². The molecule has 8 heteroatoms. The number of aromatic nitrogens is 3. The van der Waals surface area contributed by atoms with E-state index >= 15 is 0 Å². The second kappa shape index (κ2) is 5.87. The maximum atomic E-state index is 14.1. The molecular formula is C13H13Cl2FN4O. The summed E-state index contributed by atoms with van der Waals surface area (Å²) in [5.41, 5.74) is 0.0646. The number of pyridine rings is 1. The SMILES string of the molecule is OC1CCCN(c2nc(Cl)nc3c(F)c(Cl)ncc23)CC1. The summed E-state index contributed by atoms with van der Waals surface area (Å²) in [6, 6.07) is 0. The first-order valence-electron chi connectivity index (χ1n) is 6.66. The van der Waals surface area contributed by atoms with Gasteiger partial charge in [0, 0.05) is 19.3 Å². The fourth-order valence-corrected chi connectivity index (χ4v) is 2.83. The average Bonchev–Trinajstić information content (AvgIpc) is 2.67. The molecule has 2 aromatic rings. The van der Waals surface area contributed by atoms with Gasteiger partial charge in [-0.25, -0.2) is 14.4 Å². The molecule has 1 N–H and O–H groups in total. The van der Waals surface area contributed by atoms with Crippen molar-refractivity contribution in [2.75, 3.05) is 18.0 Å². The number of hydrogen-bond acceptors (Lipinski definition) is 5. The molecule has 0 bridgehead atoms. The van der Waals surface area contributed by atoms with E-state index in [1.54, 1.807) is 0 Å². The Morgan fingerprint density at radius 3 is 2.86 bits per heavy atom. The van der Waals surface area contributed by atoms with Crippen molar-refractivity contribution in [2.24, 2.45) is 0 Å². The minimum atomic E-state index is -0.699. The van der Waals surface area contributed by atoms with E-state index in [9.17, 15) is 9.50 Å². The lowest BCUT2D eigenvalue weighted by Crippen LogP contribution is -2.26. The van der Waals surface area contributed by atoms with Crippen LogP contribution in [0.2, 0.25) is 10.4 Å².